The predicted molar refractivity (Wildman–Crippen MR) is 90.9 cm³/mol. The maximum atomic E-state index is 12.5. The molecule has 0 bridgehead atoms. The van der Waals surface area contributed by atoms with Crippen molar-refractivity contribution in [2.75, 3.05) is 0 Å². The minimum absolute atomic E-state index is 0.219. The lowest BCUT2D eigenvalue weighted by atomic mass is 10.1. The van der Waals surface area contributed by atoms with Crippen molar-refractivity contribution in [1.82, 2.24) is 20.4 Å². The Morgan fingerprint density at radius 2 is 1.92 bits per heavy atom. The maximum absolute atomic E-state index is 12.5. The van der Waals surface area contributed by atoms with Crippen LogP contribution in [0.25, 0.3) is 11.4 Å². The molecule has 0 saturated heterocycles. The van der Waals surface area contributed by atoms with Gasteiger partial charge in [0.25, 0.3) is 5.91 Å². The van der Waals surface area contributed by atoms with Crippen LogP contribution in [0.2, 0.25) is 0 Å². The summed E-state index contributed by atoms with van der Waals surface area (Å²) in [7, 11) is 0. The van der Waals surface area contributed by atoms with Crippen molar-refractivity contribution in [3.05, 3.63) is 53.6 Å². The van der Waals surface area contributed by atoms with Crippen LogP contribution in [0.4, 0.5) is 0 Å². The third kappa shape index (κ3) is 3.60. The van der Waals surface area contributed by atoms with E-state index in [0.717, 1.165) is 11.3 Å². The number of carbonyl (C=O) groups excluding carboxylic acids is 1. The van der Waals surface area contributed by atoms with E-state index in [1.165, 1.54) is 0 Å². The molecular formula is C18H20N4O3. The van der Waals surface area contributed by atoms with Crippen LogP contribution in [0.15, 0.2) is 39.5 Å². The van der Waals surface area contributed by atoms with Gasteiger partial charge >= 0.3 is 0 Å². The summed E-state index contributed by atoms with van der Waals surface area (Å²) in [6.07, 6.45) is 3.31. The first-order chi connectivity index (χ1) is 12.0. The normalized spacial score (nSPS) is 12.4. The molecule has 0 unspecified atom stereocenters. The third-order valence-electron chi connectivity index (χ3n) is 3.85. The molecule has 3 aromatic rings. The summed E-state index contributed by atoms with van der Waals surface area (Å²) < 4.78 is 10.9. The Kier molecular flexibility index (Phi) is 4.65. The van der Waals surface area contributed by atoms with E-state index in [1.54, 1.807) is 44.4 Å². The zero-order valence-corrected chi connectivity index (χ0v) is 14.6. The van der Waals surface area contributed by atoms with Gasteiger partial charge in [-0.15, -0.1) is 0 Å². The predicted octanol–water partition coefficient (Wildman–Crippen LogP) is 3.65. The molecule has 0 radical (unpaired) electrons. The van der Waals surface area contributed by atoms with Gasteiger partial charge in [-0.2, -0.15) is 4.98 Å². The van der Waals surface area contributed by atoms with Crippen molar-refractivity contribution in [2.45, 2.75) is 39.7 Å². The Hall–Kier alpha value is -2.96. The van der Waals surface area contributed by atoms with E-state index >= 15 is 0 Å². The molecule has 1 atom stereocenters. The van der Waals surface area contributed by atoms with Crippen LogP contribution in [0.5, 0.6) is 0 Å². The molecule has 130 valence electrons. The molecule has 0 aliphatic rings. The van der Waals surface area contributed by atoms with Crippen LogP contribution in [0, 0.1) is 6.92 Å². The van der Waals surface area contributed by atoms with Crippen molar-refractivity contribution in [3.8, 4) is 11.4 Å². The summed E-state index contributed by atoms with van der Waals surface area (Å²) >= 11 is 0. The van der Waals surface area contributed by atoms with Crippen LogP contribution >= 0.6 is 0 Å². The molecule has 3 heterocycles. The highest BCUT2D eigenvalue weighted by Crippen LogP contribution is 2.23. The second-order valence-corrected chi connectivity index (χ2v) is 6.16. The molecule has 0 saturated carbocycles. The fourth-order valence-corrected chi connectivity index (χ4v) is 2.38. The first kappa shape index (κ1) is 16.9. The second-order valence-electron chi connectivity index (χ2n) is 6.16. The zero-order chi connectivity index (χ0) is 18.0. The van der Waals surface area contributed by atoms with E-state index in [1.807, 2.05) is 13.8 Å². The lowest BCUT2D eigenvalue weighted by Crippen LogP contribution is -2.27. The quantitative estimate of drug-likeness (QED) is 0.762. The van der Waals surface area contributed by atoms with E-state index in [4.69, 9.17) is 8.94 Å². The van der Waals surface area contributed by atoms with Crippen LogP contribution in [-0.4, -0.2) is 21.0 Å². The second kappa shape index (κ2) is 6.88. The number of aryl methyl sites for hydroxylation is 1. The van der Waals surface area contributed by atoms with Crippen LogP contribution in [0.1, 0.15) is 60.5 Å². The van der Waals surface area contributed by atoms with Gasteiger partial charge in [-0.3, -0.25) is 9.78 Å². The molecule has 3 aromatic heterocycles. The Balaban J connectivity index is 1.73. The Bertz CT molecular complexity index is 868. The molecule has 7 nitrogen and oxygen atoms in total. The van der Waals surface area contributed by atoms with Gasteiger partial charge in [0.2, 0.25) is 11.7 Å². The average Bonchev–Trinajstić information content (AvgIpc) is 3.22. The van der Waals surface area contributed by atoms with Gasteiger partial charge in [0.1, 0.15) is 17.6 Å². The van der Waals surface area contributed by atoms with Crippen LogP contribution < -0.4 is 5.32 Å². The summed E-state index contributed by atoms with van der Waals surface area (Å²) in [5, 5.41) is 6.81. The molecule has 3 rings (SSSR count). The number of amides is 1. The van der Waals surface area contributed by atoms with Gasteiger partial charge in [0.15, 0.2) is 0 Å². The molecule has 0 aromatic carbocycles. The van der Waals surface area contributed by atoms with Gasteiger partial charge in [-0.05, 0) is 32.0 Å². The number of hydrogen-bond acceptors (Lipinski definition) is 6. The fraction of sp³-hybridized carbons (Fsp3) is 0.333. The molecule has 0 aliphatic carbocycles. The van der Waals surface area contributed by atoms with Gasteiger partial charge in [0.05, 0.1) is 5.56 Å². The maximum Gasteiger partial charge on any atom is 0.255 e. The monoisotopic (exact) mass is 340 g/mol. The molecular weight excluding hydrogens is 320 g/mol. The topological polar surface area (TPSA) is 94.1 Å². The number of nitrogens with one attached hydrogen (secondary N) is 1. The van der Waals surface area contributed by atoms with Crippen LogP contribution in [0.3, 0.4) is 0 Å². The number of rotatable bonds is 5. The fourth-order valence-electron chi connectivity index (χ4n) is 2.38. The number of pyridine rings is 1. The Morgan fingerprint density at radius 3 is 2.56 bits per heavy atom. The van der Waals surface area contributed by atoms with E-state index in [9.17, 15) is 4.79 Å². The third-order valence-corrected chi connectivity index (χ3v) is 3.85. The molecule has 0 fully saturated rings. The van der Waals surface area contributed by atoms with Crippen molar-refractivity contribution >= 4 is 5.91 Å². The zero-order valence-electron chi connectivity index (χ0n) is 14.6. The smallest absolute Gasteiger partial charge is 0.255 e. The standard InChI is InChI=1S/C18H20N4O3/c1-10(2)15-9-14(12(4)24-15)17(23)20-11(3)18-21-16(22-25-18)13-5-7-19-8-6-13/h5-11H,1-4H3,(H,20,23)/t11-/m0/s1. The van der Waals surface area contributed by atoms with Crippen molar-refractivity contribution in [1.29, 1.82) is 0 Å². The first-order valence-electron chi connectivity index (χ1n) is 8.11. The molecule has 0 aliphatic heterocycles. The SMILES string of the molecule is Cc1oc(C(C)C)cc1C(=O)N[C@@H](C)c1nc(-c2ccncc2)no1. The number of furan rings is 1. The van der Waals surface area contributed by atoms with E-state index in [0.29, 0.717) is 23.0 Å². The largest absolute Gasteiger partial charge is 0.465 e. The average molecular weight is 340 g/mol. The highest BCUT2D eigenvalue weighted by Gasteiger charge is 2.21. The molecule has 7 heteroatoms. The minimum atomic E-state index is -0.424. The number of carbonyl (C=O) groups is 1. The number of aromatic nitrogens is 3. The van der Waals surface area contributed by atoms with Gasteiger partial charge in [0, 0.05) is 23.9 Å². The van der Waals surface area contributed by atoms with Gasteiger partial charge < -0.3 is 14.3 Å². The lowest BCUT2D eigenvalue weighted by molar-refractivity contribution is 0.0931. The van der Waals surface area contributed by atoms with Crippen LogP contribution in [-0.2, 0) is 0 Å². The van der Waals surface area contributed by atoms with Gasteiger partial charge in [-0.25, -0.2) is 0 Å². The molecule has 1 N–H and O–H groups in total. The summed E-state index contributed by atoms with van der Waals surface area (Å²) in [6.45, 7) is 7.60. The number of hydrogen-bond donors (Lipinski definition) is 1. The Morgan fingerprint density at radius 1 is 1.20 bits per heavy atom. The highest BCUT2D eigenvalue weighted by molar-refractivity contribution is 5.95. The Labute approximate surface area is 145 Å². The molecule has 25 heavy (non-hydrogen) atoms. The summed E-state index contributed by atoms with van der Waals surface area (Å²) in [4.78, 5) is 20.8. The molecule has 0 spiro atoms. The van der Waals surface area contributed by atoms with Crippen molar-refractivity contribution in [3.63, 3.8) is 0 Å². The van der Waals surface area contributed by atoms with E-state index < -0.39 is 6.04 Å². The highest BCUT2D eigenvalue weighted by atomic mass is 16.5. The van der Waals surface area contributed by atoms with Gasteiger partial charge in [-0.1, -0.05) is 19.0 Å². The molecule has 1 amide bonds. The van der Waals surface area contributed by atoms with E-state index in [2.05, 4.69) is 20.4 Å². The van der Waals surface area contributed by atoms with Crippen molar-refractivity contribution in [2.24, 2.45) is 0 Å². The summed E-state index contributed by atoms with van der Waals surface area (Å²) in [5.41, 5.74) is 1.32. The van der Waals surface area contributed by atoms with Crippen molar-refractivity contribution < 1.29 is 13.7 Å². The minimum Gasteiger partial charge on any atom is -0.465 e. The lowest BCUT2D eigenvalue weighted by Gasteiger charge is -2.08. The van der Waals surface area contributed by atoms with E-state index in [-0.39, 0.29) is 11.8 Å². The first-order valence-corrected chi connectivity index (χ1v) is 8.11. The number of nitrogens with zero attached hydrogens (tertiary/aromatic N) is 3. The summed E-state index contributed by atoms with van der Waals surface area (Å²) in [6, 6.07) is 4.94. The summed E-state index contributed by atoms with van der Waals surface area (Å²) in [5.74, 6) is 2.16.